The Morgan fingerprint density at radius 3 is 2.61 bits per heavy atom. The van der Waals surface area contributed by atoms with E-state index in [0.717, 1.165) is 28.4 Å². The molecule has 1 heterocycles. The first-order valence-electron chi connectivity index (χ1n) is 7.67. The molecule has 0 spiro atoms. The van der Waals surface area contributed by atoms with Crippen LogP contribution < -0.4 is 15.4 Å². The van der Waals surface area contributed by atoms with Crippen LogP contribution in [0.4, 0.5) is 4.79 Å². The molecule has 0 aliphatic heterocycles. The number of benzene rings is 1. The van der Waals surface area contributed by atoms with Gasteiger partial charge in [0.05, 0.1) is 24.4 Å². The van der Waals surface area contributed by atoms with Crippen LogP contribution in [0.5, 0.6) is 5.75 Å². The Morgan fingerprint density at radius 2 is 2.00 bits per heavy atom. The molecule has 0 aliphatic carbocycles. The van der Waals surface area contributed by atoms with Crippen LogP contribution in [0.3, 0.4) is 0 Å². The molecule has 2 rings (SSSR count). The highest BCUT2D eigenvalue weighted by molar-refractivity contribution is 7.09. The van der Waals surface area contributed by atoms with Gasteiger partial charge in [-0.15, -0.1) is 11.3 Å². The Kier molecular flexibility index (Phi) is 6.40. The van der Waals surface area contributed by atoms with Gasteiger partial charge >= 0.3 is 6.03 Å². The van der Waals surface area contributed by atoms with Crippen molar-refractivity contribution in [2.24, 2.45) is 0 Å². The van der Waals surface area contributed by atoms with Crippen molar-refractivity contribution < 1.29 is 9.53 Å². The fraction of sp³-hybridized carbons (Fsp3) is 0.412. The van der Waals surface area contributed by atoms with Crippen molar-refractivity contribution in [1.82, 2.24) is 15.6 Å². The molecular formula is C17H23N3O2S. The number of carbonyl (C=O) groups is 1. The Hall–Kier alpha value is -2.08. The smallest absolute Gasteiger partial charge is 0.315 e. The molecule has 0 saturated carbocycles. The van der Waals surface area contributed by atoms with Crippen molar-refractivity contribution >= 4 is 17.4 Å². The van der Waals surface area contributed by atoms with Gasteiger partial charge in [0.25, 0.3) is 0 Å². The van der Waals surface area contributed by atoms with Crippen LogP contribution in [0.25, 0.3) is 0 Å². The zero-order valence-corrected chi connectivity index (χ0v) is 14.6. The zero-order valence-electron chi connectivity index (χ0n) is 13.8. The Labute approximate surface area is 141 Å². The number of hydrogen-bond donors (Lipinski definition) is 2. The van der Waals surface area contributed by atoms with Gasteiger partial charge in [-0.25, -0.2) is 9.78 Å². The van der Waals surface area contributed by atoms with Gasteiger partial charge in [0, 0.05) is 17.8 Å². The molecule has 23 heavy (non-hydrogen) atoms. The van der Waals surface area contributed by atoms with E-state index in [-0.39, 0.29) is 6.03 Å². The number of methoxy groups -OCH3 is 1. The molecule has 2 amide bonds. The standard InChI is InChI=1S/C17H23N3O2S/c1-12(2)16-20-14(11-23-16)10-19-17(21)18-9-8-13-4-6-15(22-3)7-5-13/h4-7,11-12H,8-10H2,1-3H3,(H2,18,19,21). The fourth-order valence-corrected chi connectivity index (χ4v) is 2.85. The fourth-order valence-electron chi connectivity index (χ4n) is 2.01. The summed E-state index contributed by atoms with van der Waals surface area (Å²) in [5, 5.41) is 8.78. The van der Waals surface area contributed by atoms with Gasteiger partial charge in [0.2, 0.25) is 0 Å². The van der Waals surface area contributed by atoms with Crippen molar-refractivity contribution in [1.29, 1.82) is 0 Å². The average Bonchev–Trinajstić information content (AvgIpc) is 3.03. The zero-order chi connectivity index (χ0) is 16.7. The summed E-state index contributed by atoms with van der Waals surface area (Å²) in [5.74, 6) is 1.26. The lowest BCUT2D eigenvalue weighted by Crippen LogP contribution is -2.36. The molecule has 0 unspecified atom stereocenters. The lowest BCUT2D eigenvalue weighted by Gasteiger charge is -2.07. The highest BCUT2D eigenvalue weighted by Gasteiger charge is 2.07. The molecule has 6 heteroatoms. The topological polar surface area (TPSA) is 63.2 Å². The van der Waals surface area contributed by atoms with Crippen LogP contribution in [0, 0.1) is 0 Å². The quantitative estimate of drug-likeness (QED) is 0.817. The summed E-state index contributed by atoms with van der Waals surface area (Å²) in [6.45, 7) is 5.27. The number of amides is 2. The van der Waals surface area contributed by atoms with Crippen LogP contribution >= 0.6 is 11.3 Å². The van der Waals surface area contributed by atoms with Crippen molar-refractivity contribution in [3.8, 4) is 5.75 Å². The minimum Gasteiger partial charge on any atom is -0.497 e. The number of nitrogens with zero attached hydrogens (tertiary/aromatic N) is 1. The molecule has 0 saturated heterocycles. The van der Waals surface area contributed by atoms with E-state index in [9.17, 15) is 4.79 Å². The van der Waals surface area contributed by atoms with Crippen LogP contribution in [0.1, 0.15) is 36.0 Å². The highest BCUT2D eigenvalue weighted by Crippen LogP contribution is 2.18. The van der Waals surface area contributed by atoms with Crippen molar-refractivity contribution in [2.75, 3.05) is 13.7 Å². The molecular weight excluding hydrogens is 310 g/mol. The Morgan fingerprint density at radius 1 is 1.26 bits per heavy atom. The second-order valence-electron chi connectivity index (χ2n) is 5.54. The van der Waals surface area contributed by atoms with E-state index in [4.69, 9.17) is 4.74 Å². The van der Waals surface area contributed by atoms with Crippen LogP contribution in [0.15, 0.2) is 29.6 Å². The van der Waals surface area contributed by atoms with Crippen molar-refractivity contribution in [2.45, 2.75) is 32.7 Å². The second kappa shape index (κ2) is 8.53. The number of carbonyl (C=O) groups excluding carboxylic acids is 1. The normalized spacial score (nSPS) is 10.6. The van der Waals surface area contributed by atoms with E-state index < -0.39 is 0 Å². The molecule has 0 atom stereocenters. The van der Waals surface area contributed by atoms with E-state index in [1.54, 1.807) is 18.4 Å². The van der Waals surface area contributed by atoms with E-state index in [1.807, 2.05) is 29.6 Å². The average molecular weight is 333 g/mol. The van der Waals surface area contributed by atoms with Gasteiger partial charge in [-0.1, -0.05) is 26.0 Å². The summed E-state index contributed by atoms with van der Waals surface area (Å²) in [4.78, 5) is 16.3. The number of hydrogen-bond acceptors (Lipinski definition) is 4. The number of rotatable bonds is 7. The number of thiazole rings is 1. The molecule has 0 radical (unpaired) electrons. The minimum atomic E-state index is -0.169. The van der Waals surface area contributed by atoms with Gasteiger partial charge in [-0.3, -0.25) is 0 Å². The maximum Gasteiger partial charge on any atom is 0.315 e. The maximum atomic E-state index is 11.8. The minimum absolute atomic E-state index is 0.169. The SMILES string of the molecule is COc1ccc(CCNC(=O)NCc2csc(C(C)C)n2)cc1. The third kappa shape index (κ3) is 5.56. The lowest BCUT2D eigenvalue weighted by atomic mass is 10.1. The summed E-state index contributed by atoms with van der Waals surface area (Å²) in [5.41, 5.74) is 2.07. The molecule has 2 N–H and O–H groups in total. The highest BCUT2D eigenvalue weighted by atomic mass is 32.1. The monoisotopic (exact) mass is 333 g/mol. The van der Waals surface area contributed by atoms with Gasteiger partial charge < -0.3 is 15.4 Å². The number of nitrogens with one attached hydrogen (secondary N) is 2. The van der Waals surface area contributed by atoms with E-state index in [1.165, 1.54) is 0 Å². The first-order valence-corrected chi connectivity index (χ1v) is 8.55. The summed E-state index contributed by atoms with van der Waals surface area (Å²) in [6, 6.07) is 7.67. The summed E-state index contributed by atoms with van der Waals surface area (Å²) in [6.07, 6.45) is 0.783. The summed E-state index contributed by atoms with van der Waals surface area (Å²) in [7, 11) is 1.65. The van der Waals surface area contributed by atoms with Crippen LogP contribution in [-0.4, -0.2) is 24.7 Å². The third-order valence-corrected chi connectivity index (χ3v) is 4.55. The van der Waals surface area contributed by atoms with Gasteiger partial charge in [-0.2, -0.15) is 0 Å². The molecule has 0 aliphatic rings. The van der Waals surface area contributed by atoms with Gasteiger partial charge in [-0.05, 0) is 24.1 Å². The van der Waals surface area contributed by atoms with Crippen molar-refractivity contribution in [3.63, 3.8) is 0 Å². The Balaban J connectivity index is 1.68. The number of aromatic nitrogens is 1. The summed E-state index contributed by atoms with van der Waals surface area (Å²) >= 11 is 1.63. The molecule has 0 bridgehead atoms. The second-order valence-corrected chi connectivity index (χ2v) is 6.43. The van der Waals surface area contributed by atoms with E-state index >= 15 is 0 Å². The Bertz CT molecular complexity index is 623. The predicted octanol–water partition coefficient (Wildman–Crippen LogP) is 3.32. The first kappa shape index (κ1) is 17.3. The lowest BCUT2D eigenvalue weighted by molar-refractivity contribution is 0.240. The molecule has 124 valence electrons. The van der Waals surface area contributed by atoms with Gasteiger partial charge in [0.1, 0.15) is 5.75 Å². The van der Waals surface area contributed by atoms with Gasteiger partial charge in [0.15, 0.2) is 0 Å². The first-order chi connectivity index (χ1) is 11.1. The van der Waals surface area contributed by atoms with Crippen molar-refractivity contribution in [3.05, 3.63) is 45.9 Å². The molecule has 5 nitrogen and oxygen atoms in total. The predicted molar refractivity (Wildman–Crippen MR) is 93.1 cm³/mol. The van der Waals surface area contributed by atoms with E-state index in [0.29, 0.717) is 19.0 Å². The molecule has 0 fully saturated rings. The third-order valence-electron chi connectivity index (χ3n) is 3.35. The number of urea groups is 1. The summed E-state index contributed by atoms with van der Waals surface area (Å²) < 4.78 is 5.12. The molecule has 1 aromatic carbocycles. The molecule has 2 aromatic rings. The maximum absolute atomic E-state index is 11.8. The largest absolute Gasteiger partial charge is 0.497 e. The molecule has 1 aromatic heterocycles. The number of ether oxygens (including phenoxy) is 1. The van der Waals surface area contributed by atoms with E-state index in [2.05, 4.69) is 29.5 Å². The van der Waals surface area contributed by atoms with Crippen LogP contribution in [-0.2, 0) is 13.0 Å². The van der Waals surface area contributed by atoms with Crippen LogP contribution in [0.2, 0.25) is 0 Å².